The Hall–Kier alpha value is -1.06. The number of fused-ring (bicyclic) bond motifs is 1. The Morgan fingerprint density at radius 2 is 2.31 bits per heavy atom. The van der Waals surface area contributed by atoms with Crippen LogP contribution < -0.4 is 10.5 Å². The van der Waals surface area contributed by atoms with Gasteiger partial charge in [-0.05, 0) is 31.2 Å². The summed E-state index contributed by atoms with van der Waals surface area (Å²) in [5, 5.41) is 0. The van der Waals surface area contributed by atoms with Crippen molar-refractivity contribution in [2.45, 2.75) is 25.9 Å². The zero-order valence-corrected chi connectivity index (χ0v) is 10.1. The van der Waals surface area contributed by atoms with Crippen LogP contribution in [0.3, 0.4) is 0 Å². The van der Waals surface area contributed by atoms with E-state index in [1.165, 1.54) is 11.1 Å². The highest BCUT2D eigenvalue weighted by Crippen LogP contribution is 2.26. The van der Waals surface area contributed by atoms with E-state index < -0.39 is 0 Å². The highest BCUT2D eigenvalue weighted by molar-refractivity contribution is 5.39. The van der Waals surface area contributed by atoms with E-state index in [0.717, 1.165) is 25.3 Å². The fourth-order valence-electron chi connectivity index (χ4n) is 1.96. The molecule has 3 nitrogen and oxygen atoms in total. The Balaban J connectivity index is 2.05. The first-order valence-corrected chi connectivity index (χ1v) is 5.85. The molecule has 1 atom stereocenters. The van der Waals surface area contributed by atoms with Crippen molar-refractivity contribution in [3.63, 3.8) is 0 Å². The topological polar surface area (TPSA) is 38.5 Å². The first kappa shape index (κ1) is 11.4. The molecule has 0 bridgehead atoms. The fourth-order valence-corrected chi connectivity index (χ4v) is 1.96. The molecule has 2 rings (SSSR count). The van der Waals surface area contributed by atoms with Gasteiger partial charge in [-0.2, -0.15) is 0 Å². The average Bonchev–Trinajstić information content (AvgIpc) is 2.75. The monoisotopic (exact) mass is 220 g/mol. The molecular formula is C13H20N2O. The lowest BCUT2D eigenvalue weighted by atomic mass is 10.1. The lowest BCUT2D eigenvalue weighted by molar-refractivity contribution is 0.254. The maximum atomic E-state index is 5.66. The summed E-state index contributed by atoms with van der Waals surface area (Å²) in [5.74, 6) is 1.05. The number of nitrogens with zero attached hydrogens (tertiary/aromatic N) is 1. The van der Waals surface area contributed by atoms with Crippen LogP contribution in [0.25, 0.3) is 0 Å². The van der Waals surface area contributed by atoms with Crippen LogP contribution >= 0.6 is 0 Å². The van der Waals surface area contributed by atoms with E-state index in [-0.39, 0.29) is 0 Å². The number of ether oxygens (including phenoxy) is 1. The minimum Gasteiger partial charge on any atom is -0.493 e. The van der Waals surface area contributed by atoms with Gasteiger partial charge in [-0.1, -0.05) is 12.1 Å². The van der Waals surface area contributed by atoms with Gasteiger partial charge in [0.05, 0.1) is 6.61 Å². The SMILES string of the molecule is CC(CN)N(C)Cc1ccc2c(c1)CCO2. The third kappa shape index (κ3) is 2.36. The summed E-state index contributed by atoms with van der Waals surface area (Å²) < 4.78 is 5.49. The number of nitrogens with two attached hydrogens (primary N) is 1. The van der Waals surface area contributed by atoms with Crippen molar-refractivity contribution in [3.8, 4) is 5.75 Å². The lowest BCUT2D eigenvalue weighted by Crippen LogP contribution is -2.34. The van der Waals surface area contributed by atoms with Gasteiger partial charge in [0.2, 0.25) is 0 Å². The molecule has 16 heavy (non-hydrogen) atoms. The van der Waals surface area contributed by atoms with Gasteiger partial charge >= 0.3 is 0 Å². The van der Waals surface area contributed by atoms with Crippen LogP contribution in [-0.4, -0.2) is 31.1 Å². The molecule has 1 heterocycles. The molecule has 3 heteroatoms. The Morgan fingerprint density at radius 3 is 3.06 bits per heavy atom. The molecule has 0 spiro atoms. The van der Waals surface area contributed by atoms with E-state index in [1.807, 2.05) is 0 Å². The van der Waals surface area contributed by atoms with Crippen molar-refractivity contribution >= 4 is 0 Å². The summed E-state index contributed by atoms with van der Waals surface area (Å²) in [6.45, 7) is 4.63. The van der Waals surface area contributed by atoms with Crippen molar-refractivity contribution in [1.29, 1.82) is 0 Å². The van der Waals surface area contributed by atoms with E-state index in [9.17, 15) is 0 Å². The van der Waals surface area contributed by atoms with Crippen molar-refractivity contribution < 1.29 is 4.74 Å². The second-order valence-corrected chi connectivity index (χ2v) is 4.54. The molecule has 1 aromatic rings. The van der Waals surface area contributed by atoms with Crippen molar-refractivity contribution in [2.24, 2.45) is 5.73 Å². The molecule has 1 unspecified atom stereocenters. The number of hydrogen-bond donors (Lipinski definition) is 1. The molecule has 1 aliphatic rings. The largest absolute Gasteiger partial charge is 0.493 e. The number of likely N-dealkylation sites (N-methyl/N-ethyl adjacent to an activating group) is 1. The smallest absolute Gasteiger partial charge is 0.122 e. The van der Waals surface area contributed by atoms with Crippen molar-refractivity contribution in [3.05, 3.63) is 29.3 Å². The first-order valence-electron chi connectivity index (χ1n) is 5.85. The van der Waals surface area contributed by atoms with Gasteiger partial charge in [0.15, 0.2) is 0 Å². The first-order chi connectivity index (χ1) is 7.70. The summed E-state index contributed by atoms with van der Waals surface area (Å²) in [5.41, 5.74) is 8.33. The second kappa shape index (κ2) is 4.85. The molecular weight excluding hydrogens is 200 g/mol. The third-order valence-corrected chi connectivity index (χ3v) is 3.28. The highest BCUT2D eigenvalue weighted by atomic mass is 16.5. The average molecular weight is 220 g/mol. The molecule has 88 valence electrons. The Morgan fingerprint density at radius 1 is 1.50 bits per heavy atom. The van der Waals surface area contributed by atoms with E-state index in [4.69, 9.17) is 10.5 Å². The standard InChI is InChI=1S/C13H20N2O/c1-10(8-14)15(2)9-11-3-4-13-12(7-11)5-6-16-13/h3-4,7,10H,5-6,8-9,14H2,1-2H3. The minimum atomic E-state index is 0.421. The van der Waals surface area contributed by atoms with Crippen molar-refractivity contribution in [1.82, 2.24) is 4.90 Å². The number of hydrogen-bond acceptors (Lipinski definition) is 3. The summed E-state index contributed by atoms with van der Waals surface area (Å²) in [7, 11) is 2.11. The zero-order chi connectivity index (χ0) is 11.5. The van der Waals surface area contributed by atoms with Gasteiger partial charge in [-0.15, -0.1) is 0 Å². The Bertz CT molecular complexity index is 365. The lowest BCUT2D eigenvalue weighted by Gasteiger charge is -2.23. The van der Waals surface area contributed by atoms with Gasteiger partial charge in [0.25, 0.3) is 0 Å². The normalized spacial score (nSPS) is 16.0. The van der Waals surface area contributed by atoms with Crippen LogP contribution in [0.1, 0.15) is 18.1 Å². The molecule has 0 amide bonds. The van der Waals surface area contributed by atoms with E-state index >= 15 is 0 Å². The minimum absolute atomic E-state index is 0.421. The Labute approximate surface area is 97.2 Å². The highest BCUT2D eigenvalue weighted by Gasteiger charge is 2.13. The summed E-state index contributed by atoms with van der Waals surface area (Å²) >= 11 is 0. The van der Waals surface area contributed by atoms with Gasteiger partial charge < -0.3 is 10.5 Å². The maximum Gasteiger partial charge on any atom is 0.122 e. The Kier molecular flexibility index (Phi) is 3.46. The van der Waals surface area contributed by atoms with Crippen molar-refractivity contribution in [2.75, 3.05) is 20.2 Å². The second-order valence-electron chi connectivity index (χ2n) is 4.54. The predicted octanol–water partition coefficient (Wildman–Crippen LogP) is 1.40. The van der Waals surface area contributed by atoms with Crippen LogP contribution in [0.5, 0.6) is 5.75 Å². The molecule has 0 radical (unpaired) electrons. The van der Waals surface area contributed by atoms with Gasteiger partial charge in [-0.3, -0.25) is 4.90 Å². The molecule has 1 aliphatic heterocycles. The summed E-state index contributed by atoms with van der Waals surface area (Å²) in [6, 6.07) is 6.90. The van der Waals surface area contributed by atoms with Crippen LogP contribution in [0, 0.1) is 0 Å². The molecule has 0 saturated heterocycles. The molecule has 0 aromatic heterocycles. The van der Waals surface area contributed by atoms with Gasteiger partial charge in [0.1, 0.15) is 5.75 Å². The number of rotatable bonds is 4. The fraction of sp³-hybridized carbons (Fsp3) is 0.538. The van der Waals surface area contributed by atoms with Crippen LogP contribution in [-0.2, 0) is 13.0 Å². The summed E-state index contributed by atoms with van der Waals surface area (Å²) in [6.07, 6.45) is 1.04. The predicted molar refractivity (Wildman–Crippen MR) is 65.6 cm³/mol. The van der Waals surface area contributed by atoms with Gasteiger partial charge in [-0.25, -0.2) is 0 Å². The van der Waals surface area contributed by atoms with E-state index in [2.05, 4.69) is 37.1 Å². The quantitative estimate of drug-likeness (QED) is 0.833. The zero-order valence-electron chi connectivity index (χ0n) is 10.1. The van der Waals surface area contributed by atoms with E-state index in [1.54, 1.807) is 0 Å². The summed E-state index contributed by atoms with van der Waals surface area (Å²) in [4.78, 5) is 2.28. The molecule has 0 fully saturated rings. The third-order valence-electron chi connectivity index (χ3n) is 3.28. The molecule has 2 N–H and O–H groups in total. The van der Waals surface area contributed by atoms with E-state index in [0.29, 0.717) is 12.6 Å². The van der Waals surface area contributed by atoms with Crippen LogP contribution in [0.15, 0.2) is 18.2 Å². The number of benzene rings is 1. The van der Waals surface area contributed by atoms with Crippen LogP contribution in [0.2, 0.25) is 0 Å². The molecule has 0 aliphatic carbocycles. The molecule has 0 saturated carbocycles. The molecule has 1 aromatic carbocycles. The van der Waals surface area contributed by atoms with Gasteiger partial charge in [0, 0.05) is 25.6 Å². The van der Waals surface area contributed by atoms with Crippen LogP contribution in [0.4, 0.5) is 0 Å². The maximum absolute atomic E-state index is 5.66.